The van der Waals surface area contributed by atoms with Crippen molar-refractivity contribution in [2.24, 2.45) is 0 Å². The van der Waals surface area contributed by atoms with E-state index >= 15 is 0 Å². The minimum Gasteiger partial charge on any atom is -0.852 e. The number of hydrogen-bond acceptors (Lipinski definition) is 1. The Bertz CT molecular complexity index is 74.2. The van der Waals surface area contributed by atoms with Crippen LogP contribution in [0.3, 0.4) is 0 Å². The summed E-state index contributed by atoms with van der Waals surface area (Å²) in [6, 6.07) is 0. The Balaban J connectivity index is 0. The van der Waals surface area contributed by atoms with E-state index in [1.807, 2.05) is 0 Å². The van der Waals surface area contributed by atoms with Gasteiger partial charge in [-0.1, -0.05) is 58.8 Å². The molecule has 0 spiro atoms. The Hall–Kier alpha value is 0.557. The second-order valence-electron chi connectivity index (χ2n) is 3.37. The van der Waals surface area contributed by atoms with E-state index in [1.54, 1.807) is 6.92 Å². The Morgan fingerprint density at radius 3 is 2.00 bits per heavy atom. The molecule has 2 heteroatoms. The molecule has 0 saturated heterocycles. The Morgan fingerprint density at radius 1 is 1.00 bits per heavy atom. The maximum absolute atomic E-state index is 10.6. The molecular weight excluding hydrogens is 143 g/mol. The van der Waals surface area contributed by atoms with Crippen LogP contribution in [0.5, 0.6) is 0 Å². The third-order valence-corrected chi connectivity index (χ3v) is 1.96. The van der Waals surface area contributed by atoms with Gasteiger partial charge in [0.1, 0.15) is 0 Å². The molecule has 0 aliphatic rings. The van der Waals surface area contributed by atoms with Gasteiger partial charge in [0.25, 0.3) is 0 Å². The van der Waals surface area contributed by atoms with E-state index in [1.165, 1.54) is 32.1 Å². The van der Waals surface area contributed by atoms with Crippen molar-refractivity contribution in [3.63, 3.8) is 0 Å². The van der Waals surface area contributed by atoms with E-state index in [4.69, 9.17) is 0 Å². The van der Waals surface area contributed by atoms with Crippen LogP contribution >= 0.6 is 0 Å². The first-order chi connectivity index (χ1) is 5.27. The molecule has 0 saturated carbocycles. The van der Waals surface area contributed by atoms with Gasteiger partial charge < -0.3 is 5.11 Å². The summed E-state index contributed by atoms with van der Waals surface area (Å²) >= 11 is 0. The molecule has 0 aliphatic heterocycles. The summed E-state index contributed by atoms with van der Waals surface area (Å²) in [4.78, 5) is 0. The maximum atomic E-state index is 10.6. The quantitative estimate of drug-likeness (QED) is 0.367. The van der Waals surface area contributed by atoms with Gasteiger partial charge in [-0.25, -0.2) is 0 Å². The molecule has 0 aromatic carbocycles. The summed E-state index contributed by atoms with van der Waals surface area (Å²) in [5.41, 5.74) is 0. The summed E-state index contributed by atoms with van der Waals surface area (Å²) in [5.74, 6) is 0. The van der Waals surface area contributed by atoms with Crippen LogP contribution in [0.4, 0.5) is 0 Å². The van der Waals surface area contributed by atoms with Gasteiger partial charge in [0.05, 0.1) is 0 Å². The standard InChI is InChI=1S/C10H21O.Li/c1-3-4-5-6-7-8-9-10(2)11;/h10H,3-9H2,1-2H3;/q-1;+1. The molecule has 0 aliphatic carbocycles. The molecule has 12 heavy (non-hydrogen) atoms. The fourth-order valence-corrected chi connectivity index (χ4v) is 1.21. The molecule has 0 aromatic heterocycles. The summed E-state index contributed by atoms with van der Waals surface area (Å²) in [7, 11) is 0. The number of unbranched alkanes of at least 4 members (excludes halogenated alkanes) is 5. The van der Waals surface area contributed by atoms with Crippen LogP contribution in [0.15, 0.2) is 0 Å². The fraction of sp³-hybridized carbons (Fsp3) is 1.00. The third kappa shape index (κ3) is 13.2. The molecule has 0 heterocycles. The topological polar surface area (TPSA) is 23.1 Å². The Kier molecular flexibility index (Phi) is 14.5. The second kappa shape index (κ2) is 11.6. The fourth-order valence-electron chi connectivity index (χ4n) is 1.21. The van der Waals surface area contributed by atoms with Crippen molar-refractivity contribution < 1.29 is 24.0 Å². The number of rotatable bonds is 7. The molecule has 0 amide bonds. The first-order valence-corrected chi connectivity index (χ1v) is 4.93. The van der Waals surface area contributed by atoms with E-state index in [9.17, 15) is 5.11 Å². The largest absolute Gasteiger partial charge is 1.00 e. The molecule has 0 bridgehead atoms. The number of hydrogen-bond donors (Lipinski definition) is 0. The Morgan fingerprint density at radius 2 is 1.50 bits per heavy atom. The molecule has 0 aromatic rings. The van der Waals surface area contributed by atoms with Crippen LogP contribution in [0.25, 0.3) is 0 Å². The normalized spacial score (nSPS) is 12.2. The summed E-state index contributed by atoms with van der Waals surface area (Å²) < 4.78 is 0. The van der Waals surface area contributed by atoms with E-state index in [0.717, 1.165) is 12.8 Å². The van der Waals surface area contributed by atoms with E-state index in [0.29, 0.717) is 0 Å². The first kappa shape index (κ1) is 15.0. The van der Waals surface area contributed by atoms with Crippen LogP contribution in [-0.4, -0.2) is 6.10 Å². The van der Waals surface area contributed by atoms with Crippen LogP contribution < -0.4 is 24.0 Å². The first-order valence-electron chi connectivity index (χ1n) is 4.93. The van der Waals surface area contributed by atoms with Gasteiger partial charge in [-0.3, -0.25) is 0 Å². The average molecular weight is 164 g/mol. The molecule has 1 unspecified atom stereocenters. The van der Waals surface area contributed by atoms with Crippen molar-refractivity contribution in [2.75, 3.05) is 0 Å². The van der Waals surface area contributed by atoms with Crippen molar-refractivity contribution in [1.29, 1.82) is 0 Å². The molecule has 1 nitrogen and oxygen atoms in total. The van der Waals surface area contributed by atoms with Gasteiger partial charge in [-0.2, -0.15) is 0 Å². The van der Waals surface area contributed by atoms with Crippen molar-refractivity contribution in [1.82, 2.24) is 0 Å². The van der Waals surface area contributed by atoms with Crippen molar-refractivity contribution in [3.05, 3.63) is 0 Å². The van der Waals surface area contributed by atoms with E-state index < -0.39 is 0 Å². The molecule has 0 radical (unpaired) electrons. The Labute approximate surface area is 89.1 Å². The SMILES string of the molecule is CCCCCCCCC(C)[O-].[Li+]. The van der Waals surface area contributed by atoms with Crippen molar-refractivity contribution in [2.45, 2.75) is 64.9 Å². The van der Waals surface area contributed by atoms with Crippen molar-refractivity contribution in [3.8, 4) is 0 Å². The second-order valence-corrected chi connectivity index (χ2v) is 3.37. The minimum absolute atomic E-state index is 0. The smallest absolute Gasteiger partial charge is 0.852 e. The van der Waals surface area contributed by atoms with Gasteiger partial charge in [0.2, 0.25) is 0 Å². The van der Waals surface area contributed by atoms with Crippen LogP contribution in [0.1, 0.15) is 58.8 Å². The summed E-state index contributed by atoms with van der Waals surface area (Å²) in [6.45, 7) is 3.98. The molecular formula is C10H21LiO. The molecule has 1 atom stereocenters. The molecule has 0 N–H and O–H groups in total. The van der Waals surface area contributed by atoms with Crippen LogP contribution in [-0.2, 0) is 0 Å². The predicted octanol–water partition coefficient (Wildman–Crippen LogP) is -0.510. The molecule has 68 valence electrons. The monoisotopic (exact) mass is 164 g/mol. The average Bonchev–Trinajstić information content (AvgIpc) is 1.96. The zero-order valence-corrected chi connectivity index (χ0v) is 8.94. The van der Waals surface area contributed by atoms with Gasteiger partial charge >= 0.3 is 18.9 Å². The van der Waals surface area contributed by atoms with Gasteiger partial charge in [-0.05, 0) is 0 Å². The van der Waals surface area contributed by atoms with E-state index in [-0.39, 0.29) is 25.0 Å². The summed E-state index contributed by atoms with van der Waals surface area (Å²) in [6.07, 6.45) is 8.24. The van der Waals surface area contributed by atoms with E-state index in [2.05, 4.69) is 6.92 Å². The third-order valence-electron chi connectivity index (χ3n) is 1.96. The van der Waals surface area contributed by atoms with Crippen LogP contribution in [0, 0.1) is 0 Å². The summed E-state index contributed by atoms with van der Waals surface area (Å²) in [5, 5.41) is 10.6. The minimum atomic E-state index is -0.346. The molecule has 0 fully saturated rings. The molecule has 0 rings (SSSR count). The van der Waals surface area contributed by atoms with Gasteiger partial charge in [0, 0.05) is 0 Å². The zero-order chi connectivity index (χ0) is 8.53. The maximum Gasteiger partial charge on any atom is 1.00 e. The predicted molar refractivity (Wildman–Crippen MR) is 47.5 cm³/mol. The zero-order valence-electron chi connectivity index (χ0n) is 8.94. The van der Waals surface area contributed by atoms with Crippen LogP contribution in [0.2, 0.25) is 0 Å². The van der Waals surface area contributed by atoms with Crippen molar-refractivity contribution >= 4 is 0 Å². The van der Waals surface area contributed by atoms with Gasteiger partial charge in [0.15, 0.2) is 0 Å². The van der Waals surface area contributed by atoms with Gasteiger partial charge in [-0.15, -0.1) is 6.10 Å².